The highest BCUT2D eigenvalue weighted by Gasteiger charge is 2.21. The van der Waals surface area contributed by atoms with Crippen molar-refractivity contribution in [3.63, 3.8) is 0 Å². The first kappa shape index (κ1) is 20.5. The maximum Gasteiger partial charge on any atom is 0.141 e. The highest BCUT2D eigenvalue weighted by Crippen LogP contribution is 2.30. The monoisotopic (exact) mass is 388 g/mol. The number of oxime groups is 1. The molecule has 0 unspecified atom stereocenters. The molecule has 1 N–H and O–H groups in total. The van der Waals surface area contributed by atoms with E-state index >= 15 is 0 Å². The maximum absolute atomic E-state index is 8.85. The van der Waals surface area contributed by atoms with E-state index in [1.807, 2.05) is 85.8 Å². The Labute approximate surface area is 173 Å². The van der Waals surface area contributed by atoms with Crippen LogP contribution < -0.4 is 4.74 Å². The lowest BCUT2D eigenvalue weighted by Crippen LogP contribution is -2.36. The van der Waals surface area contributed by atoms with E-state index in [0.29, 0.717) is 11.8 Å². The van der Waals surface area contributed by atoms with Crippen LogP contribution in [0.1, 0.15) is 31.2 Å². The maximum atomic E-state index is 8.85. The number of hydrogen-bond acceptors (Lipinski definition) is 3. The average Bonchev–Trinajstić information content (AvgIpc) is 2.81. The molecule has 1 fully saturated rings. The van der Waals surface area contributed by atoms with Crippen molar-refractivity contribution in [2.75, 3.05) is 13.1 Å². The predicted molar refractivity (Wildman–Crippen MR) is 118 cm³/mol. The van der Waals surface area contributed by atoms with Gasteiger partial charge in [-0.2, -0.15) is 0 Å². The summed E-state index contributed by atoms with van der Waals surface area (Å²) in [5, 5.41) is 12.1. The Bertz CT molecular complexity index is 830. The molecule has 4 heteroatoms. The van der Waals surface area contributed by atoms with Crippen LogP contribution in [-0.2, 0) is 0 Å². The van der Waals surface area contributed by atoms with E-state index in [2.05, 4.69) is 22.2 Å². The van der Waals surface area contributed by atoms with Crippen molar-refractivity contribution in [2.45, 2.75) is 25.7 Å². The normalized spacial score (nSPS) is 14.7. The van der Waals surface area contributed by atoms with Crippen LogP contribution in [0.15, 0.2) is 96.2 Å². The number of hydrogen-bond donors (Lipinski definition) is 1. The second-order valence-corrected chi connectivity index (χ2v) is 7.05. The number of amidine groups is 1. The molecule has 0 bridgehead atoms. The van der Waals surface area contributed by atoms with E-state index in [9.17, 15) is 0 Å². The van der Waals surface area contributed by atoms with Crippen LogP contribution in [-0.4, -0.2) is 29.0 Å². The number of piperidine rings is 1. The molecule has 0 amide bonds. The largest absolute Gasteiger partial charge is 0.457 e. The van der Waals surface area contributed by atoms with Crippen molar-refractivity contribution < 1.29 is 9.94 Å². The molecule has 0 radical (unpaired) electrons. The Morgan fingerprint density at radius 1 is 0.793 bits per heavy atom. The van der Waals surface area contributed by atoms with E-state index in [-0.39, 0.29) is 0 Å². The van der Waals surface area contributed by atoms with Gasteiger partial charge in [0.15, 0.2) is 0 Å². The first-order chi connectivity index (χ1) is 14.3. The van der Waals surface area contributed by atoms with Gasteiger partial charge in [-0.1, -0.05) is 71.9 Å². The molecule has 0 atom stereocenters. The van der Waals surface area contributed by atoms with Gasteiger partial charge in [-0.05, 0) is 55.5 Å². The zero-order chi connectivity index (χ0) is 20.3. The van der Waals surface area contributed by atoms with Crippen LogP contribution >= 0.6 is 0 Å². The summed E-state index contributed by atoms with van der Waals surface area (Å²) in [4.78, 5) is 2.13. The van der Waals surface area contributed by atoms with Gasteiger partial charge in [-0.3, -0.25) is 0 Å². The number of para-hydroxylation sites is 1. The van der Waals surface area contributed by atoms with Crippen LogP contribution in [0.3, 0.4) is 0 Å². The van der Waals surface area contributed by atoms with E-state index in [1.54, 1.807) is 0 Å². The lowest BCUT2D eigenvalue weighted by molar-refractivity contribution is 0.273. The van der Waals surface area contributed by atoms with Crippen LogP contribution in [0, 0.1) is 0 Å². The van der Waals surface area contributed by atoms with Crippen molar-refractivity contribution in [3.05, 3.63) is 96.6 Å². The highest BCUT2D eigenvalue weighted by molar-refractivity contribution is 5.79. The number of nitrogens with zero attached hydrogens (tertiary/aromatic N) is 2. The number of likely N-dealkylation sites (tertiary alicyclic amines) is 1. The third kappa shape index (κ3) is 6.39. The van der Waals surface area contributed by atoms with Gasteiger partial charge in [0.2, 0.25) is 0 Å². The van der Waals surface area contributed by atoms with Crippen molar-refractivity contribution in [1.82, 2.24) is 4.90 Å². The molecule has 1 aliphatic rings. The third-order valence-corrected chi connectivity index (χ3v) is 5.09. The summed E-state index contributed by atoms with van der Waals surface area (Å²) in [6, 6.07) is 30.2. The SMILES string of the molecule is CC(=NO)N1CCC(c2ccc(Oc3ccccc3)cc2)CC1.c1ccccc1. The first-order valence-electron chi connectivity index (χ1n) is 10.0. The molecule has 4 rings (SSSR count). The molecule has 4 nitrogen and oxygen atoms in total. The molecule has 1 saturated heterocycles. The molecule has 0 aliphatic carbocycles. The Morgan fingerprint density at radius 3 is 1.79 bits per heavy atom. The molecule has 150 valence electrons. The fraction of sp³-hybridized carbons (Fsp3) is 0.240. The highest BCUT2D eigenvalue weighted by atomic mass is 16.5. The minimum atomic E-state index is 0.559. The first-order valence-corrected chi connectivity index (χ1v) is 10.0. The summed E-state index contributed by atoms with van der Waals surface area (Å²) >= 11 is 0. The fourth-order valence-corrected chi connectivity index (χ4v) is 3.42. The van der Waals surface area contributed by atoms with Crippen LogP contribution in [0.2, 0.25) is 0 Å². The molecule has 3 aromatic carbocycles. The van der Waals surface area contributed by atoms with Crippen molar-refractivity contribution in [2.24, 2.45) is 5.16 Å². The quantitative estimate of drug-likeness (QED) is 0.253. The van der Waals surface area contributed by atoms with Gasteiger partial charge in [-0.15, -0.1) is 0 Å². The van der Waals surface area contributed by atoms with Gasteiger partial charge in [0, 0.05) is 13.1 Å². The molecule has 1 aliphatic heterocycles. The molecule has 1 heterocycles. The lowest BCUT2D eigenvalue weighted by Gasteiger charge is -2.32. The summed E-state index contributed by atoms with van der Waals surface area (Å²) in [5.74, 6) is 2.98. The van der Waals surface area contributed by atoms with Gasteiger partial charge in [0.25, 0.3) is 0 Å². The van der Waals surface area contributed by atoms with Crippen molar-refractivity contribution in [3.8, 4) is 11.5 Å². The zero-order valence-corrected chi connectivity index (χ0v) is 16.8. The topological polar surface area (TPSA) is 45.1 Å². The summed E-state index contributed by atoms with van der Waals surface area (Å²) in [6.07, 6.45) is 2.15. The van der Waals surface area contributed by atoms with Crippen LogP contribution in [0.5, 0.6) is 11.5 Å². The summed E-state index contributed by atoms with van der Waals surface area (Å²) < 4.78 is 5.83. The minimum Gasteiger partial charge on any atom is -0.457 e. The fourth-order valence-electron chi connectivity index (χ4n) is 3.42. The number of ether oxygens (including phenoxy) is 1. The minimum absolute atomic E-state index is 0.559. The van der Waals surface area contributed by atoms with Crippen molar-refractivity contribution >= 4 is 5.84 Å². The van der Waals surface area contributed by atoms with Crippen LogP contribution in [0.4, 0.5) is 0 Å². The molecule has 0 saturated carbocycles. The molecule has 0 spiro atoms. The second-order valence-electron chi connectivity index (χ2n) is 7.05. The van der Waals surface area contributed by atoms with Crippen molar-refractivity contribution in [1.29, 1.82) is 0 Å². The van der Waals surface area contributed by atoms with Gasteiger partial charge in [0.05, 0.1) is 0 Å². The summed E-state index contributed by atoms with van der Waals surface area (Å²) in [5.41, 5.74) is 1.35. The van der Waals surface area contributed by atoms with Gasteiger partial charge in [-0.25, -0.2) is 0 Å². The van der Waals surface area contributed by atoms with E-state index in [1.165, 1.54) is 5.56 Å². The van der Waals surface area contributed by atoms with E-state index < -0.39 is 0 Å². The standard InChI is InChI=1S/C19H22N2O2.C6H6/c1-15(20-22)21-13-11-17(12-14-21)16-7-9-19(10-8-16)23-18-5-3-2-4-6-18;1-2-4-6-5-3-1/h2-10,17,22H,11-14H2,1H3;1-6H. The molecule has 0 aromatic heterocycles. The number of benzene rings is 3. The average molecular weight is 389 g/mol. The summed E-state index contributed by atoms with van der Waals surface area (Å²) in [6.45, 7) is 3.71. The summed E-state index contributed by atoms with van der Waals surface area (Å²) in [7, 11) is 0. The lowest BCUT2D eigenvalue weighted by atomic mass is 9.89. The smallest absolute Gasteiger partial charge is 0.141 e. The van der Waals surface area contributed by atoms with Crippen LogP contribution in [0.25, 0.3) is 0 Å². The Balaban J connectivity index is 0.000000343. The molecular formula is C25H28N2O2. The molecular weight excluding hydrogens is 360 g/mol. The Morgan fingerprint density at radius 2 is 1.28 bits per heavy atom. The van der Waals surface area contributed by atoms with Gasteiger partial charge < -0.3 is 14.8 Å². The van der Waals surface area contributed by atoms with Gasteiger partial charge >= 0.3 is 0 Å². The second kappa shape index (κ2) is 10.9. The molecule has 3 aromatic rings. The predicted octanol–water partition coefficient (Wildman–Crippen LogP) is 6.15. The van der Waals surface area contributed by atoms with E-state index in [0.717, 1.165) is 37.4 Å². The zero-order valence-electron chi connectivity index (χ0n) is 16.8. The molecule has 29 heavy (non-hydrogen) atoms. The number of rotatable bonds is 3. The third-order valence-electron chi connectivity index (χ3n) is 5.09. The van der Waals surface area contributed by atoms with E-state index in [4.69, 9.17) is 9.94 Å². The van der Waals surface area contributed by atoms with Gasteiger partial charge in [0.1, 0.15) is 17.3 Å². The Hall–Kier alpha value is -3.27. The Kier molecular flexibility index (Phi) is 7.70.